The molecule has 0 saturated heterocycles. The fraction of sp³-hybridized carbons (Fsp3) is 0.321. The first kappa shape index (κ1) is 25.6. The summed E-state index contributed by atoms with van der Waals surface area (Å²) in [4.78, 5) is 33.6. The zero-order valence-corrected chi connectivity index (χ0v) is 21.5. The number of ketones is 1. The third-order valence-corrected chi connectivity index (χ3v) is 7.17. The second-order valence-corrected chi connectivity index (χ2v) is 9.56. The Hall–Kier alpha value is -3.49. The van der Waals surface area contributed by atoms with Gasteiger partial charge in [-0.2, -0.15) is 0 Å². The zero-order chi connectivity index (χ0) is 25.7. The molecular formula is C28H30N2O5S. The van der Waals surface area contributed by atoms with Crippen molar-refractivity contribution >= 4 is 23.0 Å². The molecule has 0 radical (unpaired) electrons. The lowest BCUT2D eigenvalue weighted by Crippen LogP contribution is -2.32. The van der Waals surface area contributed by atoms with Gasteiger partial charge in [-0.05, 0) is 37.5 Å². The van der Waals surface area contributed by atoms with Crippen molar-refractivity contribution in [1.82, 2.24) is 9.88 Å². The average molecular weight is 507 g/mol. The molecule has 2 heterocycles. The highest BCUT2D eigenvalue weighted by atomic mass is 32.1. The molecule has 1 aliphatic rings. The first-order chi connectivity index (χ1) is 17.5. The van der Waals surface area contributed by atoms with Gasteiger partial charge in [-0.25, -0.2) is 4.98 Å². The molecule has 0 saturated carbocycles. The molecule has 0 bridgehead atoms. The van der Waals surface area contributed by atoms with Gasteiger partial charge in [-0.1, -0.05) is 49.4 Å². The van der Waals surface area contributed by atoms with Crippen LogP contribution >= 0.6 is 11.3 Å². The predicted molar refractivity (Wildman–Crippen MR) is 139 cm³/mol. The SMILES string of the molecule is CCCOc1cccc(C2C(C(=O)c3sc(-c4ccccc4)nc3C)=C(O)C(=O)N2CCCOC)c1. The Bertz CT molecular complexity index is 1270. The molecular weight excluding hydrogens is 476 g/mol. The molecule has 1 aliphatic heterocycles. The molecule has 7 nitrogen and oxygen atoms in total. The summed E-state index contributed by atoms with van der Waals surface area (Å²) >= 11 is 1.26. The van der Waals surface area contributed by atoms with Crippen molar-refractivity contribution in [2.45, 2.75) is 32.7 Å². The Kier molecular flexibility index (Phi) is 8.18. The maximum Gasteiger partial charge on any atom is 0.290 e. The Morgan fingerprint density at radius 1 is 1.14 bits per heavy atom. The number of nitrogens with zero attached hydrogens (tertiary/aromatic N) is 2. The van der Waals surface area contributed by atoms with Gasteiger partial charge in [0.25, 0.3) is 5.91 Å². The van der Waals surface area contributed by atoms with Crippen LogP contribution in [0.1, 0.15) is 46.7 Å². The fourth-order valence-electron chi connectivity index (χ4n) is 4.27. The van der Waals surface area contributed by atoms with Crippen molar-refractivity contribution in [3.05, 3.63) is 82.1 Å². The third kappa shape index (κ3) is 5.20. The maximum absolute atomic E-state index is 13.9. The topological polar surface area (TPSA) is 89.0 Å². The van der Waals surface area contributed by atoms with Gasteiger partial charge in [0.2, 0.25) is 5.78 Å². The zero-order valence-electron chi connectivity index (χ0n) is 20.7. The molecule has 1 amide bonds. The number of hydrogen-bond donors (Lipinski definition) is 1. The fourth-order valence-corrected chi connectivity index (χ4v) is 5.30. The Balaban J connectivity index is 1.75. The van der Waals surface area contributed by atoms with Gasteiger partial charge in [0.15, 0.2) is 5.76 Å². The normalized spacial score (nSPS) is 15.6. The van der Waals surface area contributed by atoms with E-state index in [1.54, 1.807) is 14.0 Å². The molecule has 1 atom stereocenters. The maximum atomic E-state index is 13.9. The molecule has 3 aromatic rings. The van der Waals surface area contributed by atoms with Gasteiger partial charge < -0.3 is 19.5 Å². The van der Waals surface area contributed by atoms with Crippen LogP contribution in [-0.2, 0) is 9.53 Å². The number of methoxy groups -OCH3 is 1. The van der Waals surface area contributed by atoms with Crippen LogP contribution in [0.25, 0.3) is 10.6 Å². The summed E-state index contributed by atoms with van der Waals surface area (Å²) in [7, 11) is 1.60. The summed E-state index contributed by atoms with van der Waals surface area (Å²) in [6, 6.07) is 16.2. The molecule has 1 aromatic heterocycles. The lowest BCUT2D eigenvalue weighted by molar-refractivity contribution is -0.129. The van der Waals surface area contributed by atoms with Crippen LogP contribution in [0.2, 0.25) is 0 Å². The molecule has 1 unspecified atom stereocenters. The van der Waals surface area contributed by atoms with E-state index in [2.05, 4.69) is 4.98 Å². The van der Waals surface area contributed by atoms with E-state index in [0.717, 1.165) is 12.0 Å². The molecule has 1 N–H and O–H groups in total. The first-order valence-electron chi connectivity index (χ1n) is 12.0. The highest BCUT2D eigenvalue weighted by Crippen LogP contribution is 2.41. The summed E-state index contributed by atoms with van der Waals surface area (Å²) in [5, 5.41) is 11.7. The highest BCUT2D eigenvalue weighted by Gasteiger charge is 2.44. The number of Topliss-reactive ketones (excluding diaryl/α,β-unsaturated/α-hetero) is 1. The van der Waals surface area contributed by atoms with E-state index in [9.17, 15) is 14.7 Å². The molecule has 4 rings (SSSR count). The van der Waals surface area contributed by atoms with Gasteiger partial charge in [0, 0.05) is 25.8 Å². The van der Waals surface area contributed by atoms with Gasteiger partial charge in [-0.15, -0.1) is 11.3 Å². The van der Waals surface area contributed by atoms with Crippen LogP contribution in [0.4, 0.5) is 0 Å². The number of carbonyl (C=O) groups is 2. The molecule has 0 fully saturated rings. The van der Waals surface area contributed by atoms with Crippen LogP contribution in [0.3, 0.4) is 0 Å². The Labute approximate surface area is 215 Å². The van der Waals surface area contributed by atoms with E-state index in [0.29, 0.717) is 53.1 Å². The number of amides is 1. The smallest absolute Gasteiger partial charge is 0.290 e. The van der Waals surface area contributed by atoms with Crippen molar-refractivity contribution in [2.75, 3.05) is 26.9 Å². The minimum atomic E-state index is -0.742. The monoisotopic (exact) mass is 506 g/mol. The van der Waals surface area contributed by atoms with Crippen molar-refractivity contribution in [3.63, 3.8) is 0 Å². The lowest BCUT2D eigenvalue weighted by Gasteiger charge is -2.27. The minimum absolute atomic E-state index is 0.0661. The number of aromatic nitrogens is 1. The van der Waals surface area contributed by atoms with Crippen LogP contribution in [-0.4, -0.2) is 53.5 Å². The summed E-state index contributed by atoms with van der Waals surface area (Å²) < 4.78 is 11.0. The van der Waals surface area contributed by atoms with Crippen molar-refractivity contribution in [2.24, 2.45) is 0 Å². The number of aliphatic hydroxyl groups is 1. The number of carbonyl (C=O) groups excluding carboxylic acids is 2. The first-order valence-corrected chi connectivity index (χ1v) is 12.8. The van der Waals surface area contributed by atoms with Gasteiger partial charge >= 0.3 is 0 Å². The number of aryl methyl sites for hydroxylation is 1. The molecule has 0 spiro atoms. The minimum Gasteiger partial charge on any atom is -0.503 e. The van der Waals surface area contributed by atoms with Gasteiger partial charge in [-0.3, -0.25) is 9.59 Å². The average Bonchev–Trinajstić information content (AvgIpc) is 3.41. The molecule has 0 aliphatic carbocycles. The second kappa shape index (κ2) is 11.5. The van der Waals surface area contributed by atoms with E-state index in [-0.39, 0.29) is 5.57 Å². The Morgan fingerprint density at radius 3 is 2.64 bits per heavy atom. The largest absolute Gasteiger partial charge is 0.503 e. The summed E-state index contributed by atoms with van der Waals surface area (Å²) in [5.74, 6) is -0.824. The van der Waals surface area contributed by atoms with Crippen LogP contribution < -0.4 is 4.74 Å². The number of aliphatic hydroxyl groups excluding tert-OH is 1. The van der Waals surface area contributed by atoms with Crippen molar-refractivity contribution < 1.29 is 24.2 Å². The summed E-state index contributed by atoms with van der Waals surface area (Å²) in [6.45, 7) is 5.13. The molecule has 8 heteroatoms. The highest BCUT2D eigenvalue weighted by molar-refractivity contribution is 7.17. The third-order valence-electron chi connectivity index (χ3n) is 5.97. The van der Waals surface area contributed by atoms with Crippen molar-refractivity contribution in [3.8, 4) is 16.3 Å². The van der Waals surface area contributed by atoms with E-state index >= 15 is 0 Å². The van der Waals surface area contributed by atoms with E-state index in [1.165, 1.54) is 16.2 Å². The number of benzene rings is 2. The lowest BCUT2D eigenvalue weighted by atomic mass is 9.95. The number of thiazole rings is 1. The predicted octanol–water partition coefficient (Wildman–Crippen LogP) is 5.52. The molecule has 2 aromatic carbocycles. The molecule has 188 valence electrons. The second-order valence-electron chi connectivity index (χ2n) is 8.56. The van der Waals surface area contributed by atoms with Crippen LogP contribution in [0, 0.1) is 6.92 Å². The Morgan fingerprint density at radius 2 is 1.92 bits per heavy atom. The van der Waals surface area contributed by atoms with E-state index in [1.807, 2.05) is 61.5 Å². The van der Waals surface area contributed by atoms with Gasteiger partial charge in [0.05, 0.1) is 28.8 Å². The summed E-state index contributed by atoms with van der Waals surface area (Å²) in [5.41, 5.74) is 2.24. The quantitative estimate of drug-likeness (QED) is 0.272. The van der Waals surface area contributed by atoms with Crippen molar-refractivity contribution in [1.29, 1.82) is 0 Å². The number of rotatable bonds is 11. The van der Waals surface area contributed by atoms with Crippen LogP contribution in [0.5, 0.6) is 5.75 Å². The standard InChI is InChI=1S/C28H30N2O5S/c1-4-15-35-21-13-8-12-20(17-21)23-22(25(32)28(33)30(23)14-9-16-34-3)24(31)26-18(2)29-27(36-26)19-10-6-5-7-11-19/h5-8,10-13,17,23,32H,4,9,14-16H2,1-3H3. The summed E-state index contributed by atoms with van der Waals surface area (Å²) in [6.07, 6.45) is 1.42. The van der Waals surface area contributed by atoms with Gasteiger partial charge in [0.1, 0.15) is 10.8 Å². The number of ether oxygens (including phenoxy) is 2. The molecule has 36 heavy (non-hydrogen) atoms. The number of hydrogen-bond acceptors (Lipinski definition) is 7. The van der Waals surface area contributed by atoms with Crippen LogP contribution in [0.15, 0.2) is 65.9 Å². The van der Waals surface area contributed by atoms with E-state index < -0.39 is 23.5 Å². The van der Waals surface area contributed by atoms with E-state index in [4.69, 9.17) is 9.47 Å².